The number of rotatable bonds is 12. The zero-order chi connectivity index (χ0) is 25.1. The summed E-state index contributed by atoms with van der Waals surface area (Å²) in [5, 5.41) is 22.0. The first-order chi connectivity index (χ1) is 16.1. The minimum absolute atomic E-state index is 0.411. The van der Waals surface area contributed by atoms with Crippen LogP contribution in [0.1, 0.15) is 77.8 Å². The smallest absolute Gasteiger partial charge is 0.408 e. The van der Waals surface area contributed by atoms with E-state index < -0.39 is 35.5 Å². The summed E-state index contributed by atoms with van der Waals surface area (Å²) in [5.41, 5.74) is -0.363. The van der Waals surface area contributed by atoms with Crippen LogP contribution in [-0.4, -0.2) is 39.2 Å². The number of aromatic hydroxyl groups is 2. The van der Waals surface area contributed by atoms with E-state index in [-0.39, 0.29) is 0 Å². The quantitative estimate of drug-likeness (QED) is 0.374. The fourth-order valence-corrected chi connectivity index (χ4v) is 3.17. The Morgan fingerprint density at radius 2 is 1.53 bits per heavy atom. The molecule has 9 nitrogen and oxygen atoms in total. The van der Waals surface area contributed by atoms with Gasteiger partial charge in [0.2, 0.25) is 11.8 Å². The van der Waals surface area contributed by atoms with E-state index in [1.54, 1.807) is 45.0 Å². The average molecular weight is 477 g/mol. The summed E-state index contributed by atoms with van der Waals surface area (Å²) in [6, 6.07) is 7.74. The minimum Gasteiger partial charge on any atom is -0.494 e. The van der Waals surface area contributed by atoms with Crippen LogP contribution in [0.2, 0.25) is 0 Å². The van der Waals surface area contributed by atoms with Crippen molar-refractivity contribution in [3.63, 3.8) is 0 Å². The van der Waals surface area contributed by atoms with Crippen LogP contribution in [0.4, 0.5) is 4.79 Å². The van der Waals surface area contributed by atoms with Crippen molar-refractivity contribution in [3.8, 4) is 17.5 Å². The van der Waals surface area contributed by atoms with Crippen LogP contribution in [-0.2, 0) is 9.53 Å². The molecule has 1 atom stereocenters. The van der Waals surface area contributed by atoms with Gasteiger partial charge in [-0.2, -0.15) is 0 Å². The Bertz CT molecular complexity index is 897. The van der Waals surface area contributed by atoms with Crippen molar-refractivity contribution in [1.82, 2.24) is 10.0 Å². The van der Waals surface area contributed by atoms with Gasteiger partial charge in [0.15, 0.2) is 6.04 Å². The number of benzene rings is 1. The maximum Gasteiger partial charge on any atom is 0.408 e. The second kappa shape index (κ2) is 12.8. The summed E-state index contributed by atoms with van der Waals surface area (Å²) in [6.07, 6.45) is 6.17. The van der Waals surface area contributed by atoms with Crippen molar-refractivity contribution in [3.05, 3.63) is 42.0 Å². The van der Waals surface area contributed by atoms with E-state index in [0.29, 0.717) is 22.7 Å². The minimum atomic E-state index is -1.26. The van der Waals surface area contributed by atoms with E-state index in [4.69, 9.17) is 14.3 Å². The molecule has 1 aromatic heterocycles. The van der Waals surface area contributed by atoms with Crippen molar-refractivity contribution in [2.24, 2.45) is 0 Å². The second-order valence-electron chi connectivity index (χ2n) is 9.02. The summed E-state index contributed by atoms with van der Waals surface area (Å²) in [7, 11) is 0. The number of nitrogens with zero attached hydrogens (tertiary/aromatic N) is 1. The predicted molar refractivity (Wildman–Crippen MR) is 127 cm³/mol. The molecule has 9 heteroatoms. The van der Waals surface area contributed by atoms with Gasteiger partial charge in [0.1, 0.15) is 11.4 Å². The number of carbonyl (C=O) groups excluding carboxylic acids is 2. The lowest BCUT2D eigenvalue weighted by molar-refractivity contribution is -0.148. The molecule has 2 rings (SSSR count). The van der Waals surface area contributed by atoms with Crippen LogP contribution >= 0.6 is 0 Å². The van der Waals surface area contributed by atoms with Gasteiger partial charge in [-0.05, 0) is 44.9 Å². The first kappa shape index (κ1) is 26.9. The van der Waals surface area contributed by atoms with E-state index in [1.165, 1.54) is 25.7 Å². The number of ether oxygens (including phenoxy) is 2. The summed E-state index contributed by atoms with van der Waals surface area (Å²) in [6.45, 7) is 7.89. The monoisotopic (exact) mass is 476 g/mol. The zero-order valence-corrected chi connectivity index (χ0v) is 20.4. The van der Waals surface area contributed by atoms with Crippen molar-refractivity contribution >= 4 is 12.1 Å². The lowest BCUT2D eigenvalue weighted by Crippen LogP contribution is -2.40. The largest absolute Gasteiger partial charge is 0.494 e. The van der Waals surface area contributed by atoms with E-state index in [0.717, 1.165) is 25.0 Å². The topological polar surface area (TPSA) is 119 Å². The number of carbonyl (C=O) groups is 2. The number of alkyl carbamates (subject to hydrolysis) is 1. The highest BCUT2D eigenvalue weighted by Crippen LogP contribution is 2.23. The Morgan fingerprint density at radius 3 is 2.12 bits per heavy atom. The fraction of sp³-hybridized carbons (Fsp3) is 0.520. The van der Waals surface area contributed by atoms with E-state index in [2.05, 4.69) is 12.2 Å². The lowest BCUT2D eigenvalue weighted by Gasteiger charge is -2.23. The molecular formula is C25H36N2O7. The Balaban J connectivity index is 2.06. The van der Waals surface area contributed by atoms with Crippen LogP contribution in [0.25, 0.3) is 0 Å². The van der Waals surface area contributed by atoms with Gasteiger partial charge < -0.3 is 29.8 Å². The predicted octanol–water partition coefficient (Wildman–Crippen LogP) is 4.86. The highest BCUT2D eigenvalue weighted by Gasteiger charge is 2.29. The average Bonchev–Trinajstić information content (AvgIpc) is 3.08. The van der Waals surface area contributed by atoms with E-state index in [9.17, 15) is 19.8 Å². The summed E-state index contributed by atoms with van der Waals surface area (Å²) in [5.74, 6) is -1.24. The molecule has 1 unspecified atom stereocenters. The molecular weight excluding hydrogens is 440 g/mol. The highest BCUT2D eigenvalue weighted by atomic mass is 16.7. The molecule has 2 aromatic rings. The molecule has 1 amide bonds. The lowest BCUT2D eigenvalue weighted by atomic mass is 10.1. The molecule has 0 bridgehead atoms. The number of unbranched alkanes of at least 4 members (excludes halogenated alkanes) is 5. The van der Waals surface area contributed by atoms with Gasteiger partial charge in [-0.15, -0.1) is 4.73 Å². The first-order valence-electron chi connectivity index (χ1n) is 11.6. The highest BCUT2D eigenvalue weighted by molar-refractivity contribution is 5.83. The third kappa shape index (κ3) is 8.88. The summed E-state index contributed by atoms with van der Waals surface area (Å²) in [4.78, 5) is 30.3. The molecule has 1 aromatic carbocycles. The van der Waals surface area contributed by atoms with E-state index in [1.807, 2.05) is 0 Å². The Morgan fingerprint density at radius 1 is 0.941 bits per heavy atom. The molecule has 0 aliphatic carbocycles. The molecule has 3 N–H and O–H groups in total. The third-order valence-corrected chi connectivity index (χ3v) is 4.86. The van der Waals surface area contributed by atoms with Crippen LogP contribution in [0.5, 0.6) is 17.5 Å². The Kier molecular flexibility index (Phi) is 10.1. The van der Waals surface area contributed by atoms with E-state index >= 15 is 0 Å². The van der Waals surface area contributed by atoms with Gasteiger partial charge in [-0.3, -0.25) is 0 Å². The van der Waals surface area contributed by atoms with Gasteiger partial charge in [0.25, 0.3) is 0 Å². The summed E-state index contributed by atoms with van der Waals surface area (Å²) >= 11 is 0. The zero-order valence-electron chi connectivity index (χ0n) is 20.4. The normalized spacial score (nSPS) is 12.1. The molecule has 1 heterocycles. The van der Waals surface area contributed by atoms with Gasteiger partial charge in [-0.25, -0.2) is 9.59 Å². The van der Waals surface area contributed by atoms with Crippen LogP contribution in [0.15, 0.2) is 36.4 Å². The molecule has 0 saturated heterocycles. The fourth-order valence-electron chi connectivity index (χ4n) is 3.17. The maximum atomic E-state index is 12.9. The van der Waals surface area contributed by atoms with Crippen LogP contribution in [0.3, 0.4) is 0 Å². The molecule has 0 spiro atoms. The second-order valence-corrected chi connectivity index (χ2v) is 9.02. The van der Waals surface area contributed by atoms with Crippen molar-refractivity contribution in [2.75, 3.05) is 6.61 Å². The van der Waals surface area contributed by atoms with Gasteiger partial charge >= 0.3 is 12.1 Å². The molecule has 34 heavy (non-hydrogen) atoms. The van der Waals surface area contributed by atoms with Crippen molar-refractivity contribution < 1.29 is 34.1 Å². The number of amides is 1. The molecule has 0 aliphatic heterocycles. The maximum absolute atomic E-state index is 12.9. The number of nitrogens with one attached hydrogen (secondary N) is 1. The van der Waals surface area contributed by atoms with Gasteiger partial charge in [0.05, 0.1) is 6.61 Å². The molecule has 0 aliphatic rings. The Labute approximate surface area is 200 Å². The molecule has 0 saturated carbocycles. The van der Waals surface area contributed by atoms with Crippen molar-refractivity contribution in [2.45, 2.75) is 77.9 Å². The molecule has 188 valence electrons. The summed E-state index contributed by atoms with van der Waals surface area (Å²) < 4.78 is 11.6. The van der Waals surface area contributed by atoms with Gasteiger partial charge in [0, 0.05) is 12.1 Å². The SMILES string of the molecule is CCCCCCCCOc1ccc(C(NC(=O)OC(C)(C)C)C(=O)On2c(O)ccc2O)cc1. The van der Waals surface area contributed by atoms with Crippen LogP contribution in [0, 0.1) is 0 Å². The molecule has 0 fully saturated rings. The van der Waals surface area contributed by atoms with Crippen molar-refractivity contribution in [1.29, 1.82) is 0 Å². The molecule has 0 radical (unpaired) electrons. The Hall–Kier alpha value is -3.36. The first-order valence-corrected chi connectivity index (χ1v) is 11.6. The third-order valence-electron chi connectivity index (χ3n) is 4.86. The van der Waals surface area contributed by atoms with Crippen LogP contribution < -0.4 is 14.9 Å². The van der Waals surface area contributed by atoms with Gasteiger partial charge in [-0.1, -0.05) is 51.2 Å². The number of hydrogen-bond donors (Lipinski definition) is 3. The number of hydrogen-bond acceptors (Lipinski definition) is 7. The number of aromatic nitrogens is 1. The standard InChI is InChI=1S/C25H36N2O7/c1-5-6-7-8-9-10-17-32-19-13-11-18(12-14-19)22(26-24(31)33-25(2,3)4)23(30)34-27-20(28)15-16-21(27)29/h11-16,22,28-29H,5-10,17H2,1-4H3,(H,26,31).